The van der Waals surface area contributed by atoms with E-state index in [1.54, 1.807) is 37.4 Å². The van der Waals surface area contributed by atoms with Crippen LogP contribution in [0.1, 0.15) is 125 Å². The highest BCUT2D eigenvalue weighted by Gasteiger charge is 2.72. The van der Waals surface area contributed by atoms with Gasteiger partial charge in [0.15, 0.2) is 0 Å². The number of carbonyl (C=O) groups excluding carboxylic acids is 5. The number of rotatable bonds is 12. The summed E-state index contributed by atoms with van der Waals surface area (Å²) in [5.74, 6) is -3.20. The van der Waals surface area contributed by atoms with Gasteiger partial charge in [-0.1, -0.05) is 66.7 Å². The number of anilines is 1. The first-order valence-corrected chi connectivity index (χ1v) is 27.7. The van der Waals surface area contributed by atoms with E-state index in [-0.39, 0.29) is 59.3 Å². The number of amides is 5. The van der Waals surface area contributed by atoms with Crippen molar-refractivity contribution in [1.82, 2.24) is 34.7 Å². The number of aromatic nitrogens is 2. The zero-order valence-corrected chi connectivity index (χ0v) is 42.6. The van der Waals surface area contributed by atoms with Crippen molar-refractivity contribution in [3.05, 3.63) is 97.6 Å². The molecule has 4 aromatic rings. The van der Waals surface area contributed by atoms with Crippen LogP contribution >= 0.6 is 23.2 Å². The lowest BCUT2D eigenvalue weighted by Crippen LogP contribution is -2.60. The summed E-state index contributed by atoms with van der Waals surface area (Å²) in [6, 6.07) is 13.7. The van der Waals surface area contributed by atoms with Gasteiger partial charge in [0.05, 0.1) is 27.3 Å². The number of piperidine rings is 2. The van der Waals surface area contributed by atoms with Gasteiger partial charge in [-0.2, -0.15) is 0 Å². The maximum atomic E-state index is 16.4. The van der Waals surface area contributed by atoms with Crippen molar-refractivity contribution < 1.29 is 36.8 Å². The summed E-state index contributed by atoms with van der Waals surface area (Å²) in [7, 11) is -2.28. The third-order valence-corrected chi connectivity index (χ3v) is 19.2. The number of imide groups is 1. The summed E-state index contributed by atoms with van der Waals surface area (Å²) in [6.45, 7) is 1.95. The fourth-order valence-corrected chi connectivity index (χ4v) is 15.1. The number of halogens is 3. The Balaban J connectivity index is 0.713. The predicted molar refractivity (Wildman–Crippen MR) is 271 cm³/mol. The number of imidazole rings is 1. The molecule has 5 heterocycles. The van der Waals surface area contributed by atoms with Crippen LogP contribution in [0.3, 0.4) is 0 Å². The van der Waals surface area contributed by atoms with E-state index in [0.29, 0.717) is 84.8 Å². The van der Waals surface area contributed by atoms with E-state index in [2.05, 4.69) is 30.9 Å². The Morgan fingerprint density at radius 2 is 1.62 bits per heavy atom. The Bertz CT molecular complexity index is 3020. The van der Waals surface area contributed by atoms with Crippen molar-refractivity contribution >= 4 is 79.5 Å². The maximum absolute atomic E-state index is 16.4. The molecule has 0 radical (unpaired) electrons. The van der Waals surface area contributed by atoms with Crippen LogP contribution in [0.25, 0.3) is 11.0 Å². The number of benzene rings is 3. The minimum atomic E-state index is -3.90. The van der Waals surface area contributed by atoms with Gasteiger partial charge in [-0.3, -0.25) is 48.5 Å². The summed E-state index contributed by atoms with van der Waals surface area (Å²) in [6.07, 6.45) is 9.14. The molecule has 72 heavy (non-hydrogen) atoms. The molecule has 2 spiro atoms. The van der Waals surface area contributed by atoms with Crippen molar-refractivity contribution in [2.24, 2.45) is 13.0 Å². The zero-order valence-electron chi connectivity index (χ0n) is 40.2. The average molecular weight is 1050 g/mol. The van der Waals surface area contributed by atoms with E-state index < -0.39 is 61.9 Å². The van der Waals surface area contributed by atoms with Crippen molar-refractivity contribution in [3.63, 3.8) is 0 Å². The Kier molecular flexibility index (Phi) is 14.0. The van der Waals surface area contributed by atoms with Gasteiger partial charge in [-0.05, 0) is 137 Å². The molecule has 5 N–H and O–H groups in total. The minimum Gasteiger partial charge on any atom is -0.352 e. The van der Waals surface area contributed by atoms with Crippen LogP contribution in [-0.2, 0) is 52.9 Å². The van der Waals surface area contributed by atoms with Crippen molar-refractivity contribution in [3.8, 4) is 0 Å². The number of hydrogen-bond donors (Lipinski definition) is 5. The summed E-state index contributed by atoms with van der Waals surface area (Å²) in [5, 5.41) is 12.1. The smallest absolute Gasteiger partial charge is 0.329 e. The van der Waals surface area contributed by atoms with Crippen LogP contribution < -0.4 is 31.7 Å². The number of fused-ring (bicyclic) bond motifs is 4. The molecule has 4 atom stereocenters. The van der Waals surface area contributed by atoms with Crippen LogP contribution in [-0.4, -0.2) is 94.5 Å². The lowest BCUT2D eigenvalue weighted by Gasteiger charge is -2.47. The molecule has 4 aliphatic heterocycles. The van der Waals surface area contributed by atoms with E-state index in [4.69, 9.17) is 23.2 Å². The summed E-state index contributed by atoms with van der Waals surface area (Å²) in [5.41, 5.74) is 1.01. The van der Waals surface area contributed by atoms with Crippen molar-refractivity contribution in [2.75, 3.05) is 25.0 Å². The molecule has 384 valence electrons. The molecule has 1 aromatic heterocycles. The van der Waals surface area contributed by atoms with Crippen molar-refractivity contribution in [1.29, 1.82) is 0 Å². The van der Waals surface area contributed by atoms with Gasteiger partial charge >= 0.3 is 5.69 Å². The molecule has 3 saturated heterocycles. The molecule has 20 heteroatoms. The molecule has 16 nitrogen and oxygen atoms in total. The molecular weight excluding hydrogens is 987 g/mol. The Morgan fingerprint density at radius 1 is 0.875 bits per heavy atom. The molecule has 10 rings (SSSR count). The maximum Gasteiger partial charge on any atom is 0.329 e. The second-order valence-electron chi connectivity index (χ2n) is 21.0. The topological polar surface area (TPSA) is 210 Å². The average Bonchev–Trinajstić information content (AvgIpc) is 3.90. The van der Waals surface area contributed by atoms with Crippen LogP contribution in [0.4, 0.5) is 10.1 Å². The van der Waals surface area contributed by atoms with Crippen LogP contribution in [0.15, 0.2) is 59.4 Å². The third-order valence-electron chi connectivity index (χ3n) is 16.8. The quantitative estimate of drug-likeness (QED) is 0.104. The first-order chi connectivity index (χ1) is 34.5. The molecule has 5 fully saturated rings. The zero-order chi connectivity index (χ0) is 50.7. The number of nitrogens with zero attached hydrogens (tertiary/aromatic N) is 3. The summed E-state index contributed by atoms with van der Waals surface area (Å²) >= 11 is 12.9. The van der Waals surface area contributed by atoms with E-state index in [0.717, 1.165) is 57.1 Å². The number of likely N-dealkylation sites (tertiary alicyclic amines) is 1. The van der Waals surface area contributed by atoms with E-state index in [9.17, 15) is 37.2 Å². The molecule has 1 unspecified atom stereocenters. The van der Waals surface area contributed by atoms with Crippen molar-refractivity contribution in [2.45, 2.75) is 143 Å². The second kappa shape index (κ2) is 19.9. The number of carbonyl (C=O) groups is 5. The van der Waals surface area contributed by atoms with Gasteiger partial charge in [0.2, 0.25) is 39.6 Å². The summed E-state index contributed by atoms with van der Waals surface area (Å²) < 4.78 is 48.3. The van der Waals surface area contributed by atoms with Gasteiger partial charge in [0.25, 0.3) is 0 Å². The first-order valence-electron chi connectivity index (χ1n) is 25.4. The first kappa shape index (κ1) is 50.4. The SMILES string of the molecule is Cn1c(=O)n(C2CCC(=O)NC2=O)c2ccc(CCCC(=O)NS(=O)(=O)C3CCN(CC4CCC(NC(=O)[C@@H]5NC6(CCCCC6)[C@@]6(C(=O)Nc7cc(Cl)ccc76)[C@H]5c5cccc(Cl)c5F)CC4)CC3)cc21. The second-order valence-corrected chi connectivity index (χ2v) is 23.8. The molecule has 2 saturated carbocycles. The monoisotopic (exact) mass is 1050 g/mol. The standard InChI is InChI=1S/C52H61Cl2FN8O8S/c1-61-41-27-30(13-18-39(41)63(50(61)69)40-19-20-42(64)58-47(40)66)7-5-10-43(65)60-72(70,71)34-21-25-62(26-22-34)29-31-11-15-33(16-12-31)56-48(67)46-44(35-8-6-9-37(54)45(35)55)52(51(59-46)23-3-2-4-24-51)36-17-14-32(53)28-38(36)57-49(52)68/h6,8-9,13-14,17-18,27-28,31,33-34,40,44,46,59H,2-5,7,10-12,15-16,19-26,29H2,1H3,(H,56,67)(H,57,68)(H,60,65)(H,58,64,66)/t31?,33?,40?,44-,46+,52+/m0/s1. The Morgan fingerprint density at radius 3 is 2.36 bits per heavy atom. The molecular formula is C52H61Cl2FN8O8S. The number of nitrogens with one attached hydrogen (secondary N) is 5. The van der Waals surface area contributed by atoms with Gasteiger partial charge in [-0.15, -0.1) is 0 Å². The van der Waals surface area contributed by atoms with E-state index >= 15 is 4.39 Å². The normalized spacial score (nSPS) is 26.7. The van der Waals surface area contributed by atoms with E-state index in [1.807, 2.05) is 18.2 Å². The Labute approximate surface area is 427 Å². The lowest BCUT2D eigenvalue weighted by atomic mass is 9.55. The molecule has 2 aliphatic carbocycles. The highest BCUT2D eigenvalue weighted by Crippen LogP contribution is 2.63. The van der Waals surface area contributed by atoms with Gasteiger partial charge in [0.1, 0.15) is 17.3 Å². The number of sulfonamides is 1. The fourth-order valence-electron chi connectivity index (χ4n) is 13.3. The largest absolute Gasteiger partial charge is 0.352 e. The van der Waals surface area contributed by atoms with Crippen LogP contribution in [0.2, 0.25) is 10.0 Å². The van der Waals surface area contributed by atoms with Gasteiger partial charge < -0.3 is 15.5 Å². The van der Waals surface area contributed by atoms with Crippen LogP contribution in [0, 0.1) is 11.7 Å². The molecule has 0 bridgehead atoms. The predicted octanol–water partition coefficient (Wildman–Crippen LogP) is 6.02. The minimum absolute atomic E-state index is 0.00336. The molecule has 6 aliphatic rings. The lowest BCUT2D eigenvalue weighted by molar-refractivity contribution is -0.136. The van der Waals surface area contributed by atoms with Crippen LogP contribution in [0.5, 0.6) is 0 Å². The third kappa shape index (κ3) is 9.06. The number of hydrogen-bond acceptors (Lipinski definition) is 10. The summed E-state index contributed by atoms with van der Waals surface area (Å²) in [4.78, 5) is 82.1. The van der Waals surface area contributed by atoms with Gasteiger partial charge in [0, 0.05) is 54.6 Å². The highest BCUT2D eigenvalue weighted by molar-refractivity contribution is 7.90. The number of aryl methyl sites for hydroxylation is 2. The molecule has 5 amide bonds. The highest BCUT2D eigenvalue weighted by atomic mass is 35.5. The fraction of sp³-hybridized carbons (Fsp3) is 0.538. The van der Waals surface area contributed by atoms with E-state index in [1.165, 1.54) is 15.2 Å². The Hall–Kier alpha value is -5.14. The molecule has 3 aromatic carbocycles. The van der Waals surface area contributed by atoms with Gasteiger partial charge in [-0.25, -0.2) is 17.6 Å².